The van der Waals surface area contributed by atoms with Gasteiger partial charge in [-0.2, -0.15) is 13.2 Å². The summed E-state index contributed by atoms with van der Waals surface area (Å²) in [5, 5.41) is 0. The fraction of sp³-hybridized carbons (Fsp3) is 0.667. The van der Waals surface area contributed by atoms with Gasteiger partial charge < -0.3 is 4.74 Å². The lowest BCUT2D eigenvalue weighted by molar-refractivity contribution is -0.150. The average molecular weight is 210 g/mol. The SMILES string of the molecule is C/C=C(/C(=O)OCCCC)C(F)(F)F. The number of esters is 1. The number of alkyl halides is 3. The number of allylic oxidation sites excluding steroid dienone is 1. The molecule has 0 saturated carbocycles. The molecule has 0 rings (SSSR count). The van der Waals surface area contributed by atoms with Crippen molar-refractivity contribution in [2.45, 2.75) is 32.9 Å². The summed E-state index contributed by atoms with van der Waals surface area (Å²) in [6.07, 6.45) is -2.57. The van der Waals surface area contributed by atoms with E-state index in [2.05, 4.69) is 4.74 Å². The molecule has 0 aromatic carbocycles. The minimum Gasteiger partial charge on any atom is -0.462 e. The Hall–Kier alpha value is -1.00. The Morgan fingerprint density at radius 1 is 1.43 bits per heavy atom. The number of hydrogen-bond acceptors (Lipinski definition) is 2. The van der Waals surface area contributed by atoms with Gasteiger partial charge in [0.2, 0.25) is 0 Å². The van der Waals surface area contributed by atoms with Crippen LogP contribution in [0.3, 0.4) is 0 Å². The topological polar surface area (TPSA) is 26.3 Å². The molecular formula is C9H13F3O2. The highest BCUT2D eigenvalue weighted by atomic mass is 19.4. The van der Waals surface area contributed by atoms with Gasteiger partial charge in [-0.15, -0.1) is 0 Å². The van der Waals surface area contributed by atoms with Gasteiger partial charge in [0, 0.05) is 0 Å². The largest absolute Gasteiger partial charge is 0.462 e. The molecule has 0 aromatic heterocycles. The van der Waals surface area contributed by atoms with Gasteiger partial charge in [-0.3, -0.25) is 0 Å². The first-order valence-corrected chi connectivity index (χ1v) is 4.34. The third-order valence-corrected chi connectivity index (χ3v) is 1.55. The van der Waals surface area contributed by atoms with Gasteiger partial charge in [0.1, 0.15) is 5.57 Å². The van der Waals surface area contributed by atoms with Crippen LogP contribution in [0.4, 0.5) is 13.2 Å². The van der Waals surface area contributed by atoms with Crippen molar-refractivity contribution in [2.75, 3.05) is 6.61 Å². The van der Waals surface area contributed by atoms with Gasteiger partial charge in [0.05, 0.1) is 6.61 Å². The predicted octanol–water partition coefficient (Wildman–Crippen LogP) is 2.84. The molecule has 0 N–H and O–H groups in total. The van der Waals surface area contributed by atoms with Crippen LogP contribution in [-0.4, -0.2) is 18.8 Å². The number of unbranched alkanes of at least 4 members (excludes halogenated alkanes) is 1. The summed E-state index contributed by atoms with van der Waals surface area (Å²) in [6.45, 7) is 3.04. The second-order valence-corrected chi connectivity index (χ2v) is 2.69. The lowest BCUT2D eigenvalue weighted by Gasteiger charge is -2.10. The van der Waals surface area contributed by atoms with E-state index in [1.807, 2.05) is 6.92 Å². The molecule has 0 aliphatic rings. The Bertz CT molecular complexity index is 219. The molecule has 0 atom stereocenters. The van der Waals surface area contributed by atoms with E-state index in [1.165, 1.54) is 0 Å². The van der Waals surface area contributed by atoms with Gasteiger partial charge in [-0.1, -0.05) is 19.4 Å². The maximum atomic E-state index is 12.1. The summed E-state index contributed by atoms with van der Waals surface area (Å²) in [5.74, 6) is -1.30. The van der Waals surface area contributed by atoms with Crippen LogP contribution >= 0.6 is 0 Å². The van der Waals surface area contributed by atoms with Crippen molar-refractivity contribution in [3.63, 3.8) is 0 Å². The molecular weight excluding hydrogens is 197 g/mol. The number of ether oxygens (including phenoxy) is 1. The maximum Gasteiger partial charge on any atom is 0.423 e. The molecule has 0 fully saturated rings. The maximum absolute atomic E-state index is 12.1. The molecule has 2 nitrogen and oxygen atoms in total. The Morgan fingerprint density at radius 3 is 2.36 bits per heavy atom. The van der Waals surface area contributed by atoms with E-state index in [0.717, 1.165) is 13.3 Å². The van der Waals surface area contributed by atoms with Crippen LogP contribution in [0, 0.1) is 0 Å². The summed E-state index contributed by atoms with van der Waals surface area (Å²) < 4.78 is 40.8. The lowest BCUT2D eigenvalue weighted by Crippen LogP contribution is -2.22. The van der Waals surface area contributed by atoms with Crippen molar-refractivity contribution < 1.29 is 22.7 Å². The van der Waals surface area contributed by atoms with Crippen LogP contribution in [0.1, 0.15) is 26.7 Å². The van der Waals surface area contributed by atoms with E-state index >= 15 is 0 Å². The number of carbonyl (C=O) groups excluding carboxylic acids is 1. The fourth-order valence-corrected chi connectivity index (χ4v) is 0.784. The average Bonchev–Trinajstić information content (AvgIpc) is 2.03. The van der Waals surface area contributed by atoms with Gasteiger partial charge in [0.25, 0.3) is 0 Å². The minimum absolute atomic E-state index is 0.0305. The van der Waals surface area contributed by atoms with Crippen molar-refractivity contribution in [1.82, 2.24) is 0 Å². The van der Waals surface area contributed by atoms with Gasteiger partial charge in [-0.25, -0.2) is 4.79 Å². The molecule has 0 aliphatic carbocycles. The van der Waals surface area contributed by atoms with Crippen LogP contribution in [-0.2, 0) is 9.53 Å². The van der Waals surface area contributed by atoms with Crippen LogP contribution in [0.25, 0.3) is 0 Å². The normalized spacial score (nSPS) is 12.8. The molecule has 0 aromatic rings. The van der Waals surface area contributed by atoms with E-state index in [0.29, 0.717) is 12.5 Å². The van der Waals surface area contributed by atoms with Crippen molar-refractivity contribution >= 4 is 5.97 Å². The quantitative estimate of drug-likeness (QED) is 0.405. The predicted molar refractivity (Wildman–Crippen MR) is 45.7 cm³/mol. The lowest BCUT2D eigenvalue weighted by atomic mass is 10.2. The monoisotopic (exact) mass is 210 g/mol. The molecule has 14 heavy (non-hydrogen) atoms. The smallest absolute Gasteiger partial charge is 0.423 e. The number of rotatable bonds is 4. The van der Waals surface area contributed by atoms with Crippen LogP contribution < -0.4 is 0 Å². The van der Waals surface area contributed by atoms with E-state index in [1.54, 1.807) is 0 Å². The number of halogens is 3. The summed E-state index contributed by atoms with van der Waals surface area (Å²) >= 11 is 0. The second kappa shape index (κ2) is 5.67. The Kier molecular flexibility index (Phi) is 5.27. The molecule has 0 aliphatic heterocycles. The summed E-state index contributed by atoms with van der Waals surface area (Å²) in [5.41, 5.74) is -1.24. The van der Waals surface area contributed by atoms with Gasteiger partial charge >= 0.3 is 12.1 Å². The van der Waals surface area contributed by atoms with E-state index < -0.39 is 17.7 Å². The van der Waals surface area contributed by atoms with Crippen LogP contribution in [0.2, 0.25) is 0 Å². The Labute approximate surface area is 80.7 Å². The van der Waals surface area contributed by atoms with Crippen molar-refractivity contribution in [2.24, 2.45) is 0 Å². The first kappa shape index (κ1) is 13.0. The highest BCUT2D eigenvalue weighted by Gasteiger charge is 2.38. The van der Waals surface area contributed by atoms with Gasteiger partial charge in [-0.05, 0) is 13.3 Å². The molecule has 82 valence electrons. The second-order valence-electron chi connectivity index (χ2n) is 2.69. The van der Waals surface area contributed by atoms with Crippen LogP contribution in [0.15, 0.2) is 11.6 Å². The highest BCUT2D eigenvalue weighted by molar-refractivity contribution is 5.89. The summed E-state index contributed by atoms with van der Waals surface area (Å²) in [4.78, 5) is 10.9. The zero-order chi connectivity index (χ0) is 11.2. The first-order valence-electron chi connectivity index (χ1n) is 4.34. The van der Waals surface area contributed by atoms with Crippen molar-refractivity contribution in [3.8, 4) is 0 Å². The third kappa shape index (κ3) is 4.30. The standard InChI is InChI=1S/C9H13F3O2/c1-3-5-6-14-8(13)7(4-2)9(10,11)12/h4H,3,5-6H2,1-2H3/b7-4-. The summed E-state index contributed by atoms with van der Waals surface area (Å²) in [7, 11) is 0. The number of carbonyl (C=O) groups is 1. The molecule has 0 bridgehead atoms. The minimum atomic E-state index is -4.63. The first-order chi connectivity index (χ1) is 6.43. The molecule has 0 saturated heterocycles. The van der Waals surface area contributed by atoms with Crippen molar-refractivity contribution in [3.05, 3.63) is 11.6 Å². The molecule has 0 heterocycles. The van der Waals surface area contributed by atoms with Crippen LogP contribution in [0.5, 0.6) is 0 Å². The zero-order valence-electron chi connectivity index (χ0n) is 8.15. The van der Waals surface area contributed by atoms with E-state index in [-0.39, 0.29) is 6.61 Å². The van der Waals surface area contributed by atoms with E-state index in [9.17, 15) is 18.0 Å². The number of hydrogen-bond donors (Lipinski definition) is 0. The van der Waals surface area contributed by atoms with Gasteiger partial charge in [0.15, 0.2) is 0 Å². The molecule has 0 spiro atoms. The Morgan fingerprint density at radius 2 is 2.00 bits per heavy atom. The molecule has 0 amide bonds. The van der Waals surface area contributed by atoms with E-state index in [4.69, 9.17) is 0 Å². The molecule has 0 unspecified atom stereocenters. The fourth-order valence-electron chi connectivity index (χ4n) is 0.784. The Balaban J connectivity index is 4.22. The third-order valence-electron chi connectivity index (χ3n) is 1.55. The van der Waals surface area contributed by atoms with Crippen molar-refractivity contribution in [1.29, 1.82) is 0 Å². The molecule has 0 radical (unpaired) electrons. The highest BCUT2D eigenvalue weighted by Crippen LogP contribution is 2.26. The molecule has 5 heteroatoms. The zero-order valence-corrected chi connectivity index (χ0v) is 8.15. The summed E-state index contributed by atoms with van der Waals surface area (Å²) in [6, 6.07) is 0.